The van der Waals surface area contributed by atoms with Crippen LogP contribution in [0.4, 0.5) is 5.69 Å². The minimum Gasteiger partial charge on any atom is -0.493 e. The first-order valence-corrected chi connectivity index (χ1v) is 9.18. The molecule has 0 saturated heterocycles. The summed E-state index contributed by atoms with van der Waals surface area (Å²) in [6, 6.07) is 14.9. The molecule has 0 amide bonds. The van der Waals surface area contributed by atoms with Crippen LogP contribution in [0.15, 0.2) is 53.5 Å². The van der Waals surface area contributed by atoms with Gasteiger partial charge in [-0.3, -0.25) is 14.4 Å². The van der Waals surface area contributed by atoms with E-state index in [0.717, 1.165) is 16.8 Å². The predicted octanol–water partition coefficient (Wildman–Crippen LogP) is 5.43. The lowest BCUT2D eigenvalue weighted by molar-refractivity contribution is 0.101. The van der Waals surface area contributed by atoms with Crippen molar-refractivity contribution in [2.75, 3.05) is 0 Å². The van der Waals surface area contributed by atoms with Crippen LogP contribution in [-0.2, 0) is 0 Å². The monoisotopic (exact) mass is 378 g/mol. The third-order valence-corrected chi connectivity index (χ3v) is 5.48. The number of carbonyl (C=O) groups excluding carboxylic acids is 1. The minimum atomic E-state index is -0.0331. The number of para-hydroxylation sites is 1. The summed E-state index contributed by atoms with van der Waals surface area (Å²) in [4.78, 5) is 16.7. The average Bonchev–Trinajstić information content (AvgIpc) is 3.16. The van der Waals surface area contributed by atoms with E-state index in [4.69, 9.17) is 12.2 Å². The van der Waals surface area contributed by atoms with E-state index in [0.29, 0.717) is 20.1 Å². The number of aromatic nitrogens is 1. The van der Waals surface area contributed by atoms with E-state index >= 15 is 0 Å². The molecule has 0 aliphatic carbocycles. The molecule has 4 rings (SSSR count). The van der Waals surface area contributed by atoms with Crippen molar-refractivity contribution < 1.29 is 9.90 Å². The van der Waals surface area contributed by atoms with Crippen molar-refractivity contribution in [1.82, 2.24) is 4.57 Å². The van der Waals surface area contributed by atoms with E-state index in [2.05, 4.69) is 4.99 Å². The summed E-state index contributed by atoms with van der Waals surface area (Å²) in [6.45, 7) is 1.51. The van der Waals surface area contributed by atoms with Crippen molar-refractivity contribution in [2.45, 2.75) is 6.92 Å². The fourth-order valence-electron chi connectivity index (χ4n) is 2.86. The Morgan fingerprint density at radius 1 is 1.23 bits per heavy atom. The first kappa shape index (κ1) is 16.6. The Kier molecular flexibility index (Phi) is 4.14. The van der Waals surface area contributed by atoms with Crippen LogP contribution in [0.3, 0.4) is 0 Å². The highest BCUT2D eigenvalue weighted by Gasteiger charge is 2.16. The third-order valence-electron chi connectivity index (χ3n) is 4.17. The van der Waals surface area contributed by atoms with Crippen LogP contribution in [0.25, 0.3) is 17.3 Å². The van der Waals surface area contributed by atoms with Gasteiger partial charge in [0.25, 0.3) is 0 Å². The fraction of sp³-hybridized carbons (Fsp3) is 0.0500. The number of rotatable bonds is 3. The van der Waals surface area contributed by atoms with Gasteiger partial charge in [-0.1, -0.05) is 30.3 Å². The zero-order valence-corrected chi connectivity index (χ0v) is 15.5. The Morgan fingerprint density at radius 3 is 2.85 bits per heavy atom. The maximum Gasteiger partial charge on any atom is 0.215 e. The second kappa shape index (κ2) is 6.48. The lowest BCUT2D eigenvalue weighted by atomic mass is 10.1. The number of thiazole rings is 1. The van der Waals surface area contributed by atoms with Gasteiger partial charge in [0.05, 0.1) is 16.3 Å². The van der Waals surface area contributed by atoms with E-state index in [9.17, 15) is 9.90 Å². The van der Waals surface area contributed by atoms with E-state index in [1.165, 1.54) is 18.3 Å². The predicted molar refractivity (Wildman–Crippen MR) is 109 cm³/mol. The van der Waals surface area contributed by atoms with E-state index in [-0.39, 0.29) is 11.7 Å². The molecule has 128 valence electrons. The molecule has 0 saturated carbocycles. The number of aromatic hydroxyl groups is 1. The van der Waals surface area contributed by atoms with Gasteiger partial charge in [0, 0.05) is 22.9 Å². The molecule has 0 spiro atoms. The van der Waals surface area contributed by atoms with Crippen molar-refractivity contribution in [3.63, 3.8) is 0 Å². The molecule has 0 bridgehead atoms. The molecule has 3 aromatic rings. The molecule has 6 heteroatoms. The SMILES string of the molecule is CC(=O)c1cccc(-n2c(O)c(/C=C3\C=Nc4ccccc43)sc2=S)c1. The molecule has 26 heavy (non-hydrogen) atoms. The van der Waals surface area contributed by atoms with Gasteiger partial charge < -0.3 is 5.11 Å². The van der Waals surface area contributed by atoms with Crippen molar-refractivity contribution in [3.8, 4) is 11.6 Å². The summed E-state index contributed by atoms with van der Waals surface area (Å²) in [5.74, 6) is 0.0280. The molecule has 1 aliphatic rings. The summed E-state index contributed by atoms with van der Waals surface area (Å²) in [6.07, 6.45) is 3.67. The van der Waals surface area contributed by atoms with Crippen molar-refractivity contribution in [3.05, 3.63) is 68.5 Å². The number of Topliss-reactive ketones (excluding diaryl/α,β-unsaturated/α-hetero) is 1. The Morgan fingerprint density at radius 2 is 2.04 bits per heavy atom. The second-order valence-electron chi connectivity index (χ2n) is 5.87. The van der Waals surface area contributed by atoms with Crippen LogP contribution >= 0.6 is 23.6 Å². The van der Waals surface area contributed by atoms with Crippen molar-refractivity contribution in [1.29, 1.82) is 0 Å². The van der Waals surface area contributed by atoms with Crippen molar-refractivity contribution >= 4 is 52.9 Å². The summed E-state index contributed by atoms with van der Waals surface area (Å²) < 4.78 is 2.09. The number of fused-ring (bicyclic) bond motifs is 1. The van der Waals surface area contributed by atoms with Gasteiger partial charge in [-0.05, 0) is 43.4 Å². The van der Waals surface area contributed by atoms with E-state index in [1.807, 2.05) is 36.4 Å². The Hall–Kier alpha value is -2.83. The third kappa shape index (κ3) is 2.83. The van der Waals surface area contributed by atoms with Gasteiger partial charge in [0.1, 0.15) is 0 Å². The van der Waals surface area contributed by atoms with Gasteiger partial charge in [-0.2, -0.15) is 0 Å². The molecule has 2 heterocycles. The molecule has 4 nitrogen and oxygen atoms in total. The number of ketones is 1. The molecule has 0 fully saturated rings. The van der Waals surface area contributed by atoms with Gasteiger partial charge in [-0.25, -0.2) is 0 Å². The smallest absolute Gasteiger partial charge is 0.215 e. The number of benzene rings is 2. The van der Waals surface area contributed by atoms with Crippen LogP contribution in [0.1, 0.15) is 27.7 Å². The summed E-state index contributed by atoms with van der Waals surface area (Å²) in [7, 11) is 0. The molecular formula is C20H14N2O2S2. The molecule has 1 N–H and O–H groups in total. The number of hydrogen-bond acceptors (Lipinski definition) is 5. The fourth-order valence-corrected chi connectivity index (χ4v) is 4.16. The molecule has 0 unspecified atom stereocenters. The standard InChI is InChI=1S/C20H14N2O2S2/c1-12(23)13-5-4-6-15(9-13)22-19(24)18(26-20(22)25)10-14-11-21-17-8-3-2-7-16(14)17/h2-11,24H,1H3/b14-10+. The Bertz CT molecular complexity index is 1150. The molecule has 1 aliphatic heterocycles. The number of hydrogen-bond donors (Lipinski definition) is 1. The lowest BCUT2D eigenvalue weighted by Crippen LogP contribution is -1.97. The summed E-state index contributed by atoms with van der Waals surface area (Å²) in [5, 5.41) is 10.7. The molecule has 1 aromatic heterocycles. The Labute approximate surface area is 159 Å². The first-order valence-electron chi connectivity index (χ1n) is 7.96. The Balaban J connectivity index is 1.81. The van der Waals surface area contributed by atoms with Crippen LogP contribution < -0.4 is 0 Å². The molecule has 2 aromatic carbocycles. The number of aliphatic imine (C=N–C) groups is 1. The highest BCUT2D eigenvalue weighted by atomic mass is 32.1. The van der Waals surface area contributed by atoms with Crippen LogP contribution in [0, 0.1) is 3.95 Å². The lowest BCUT2D eigenvalue weighted by Gasteiger charge is -2.06. The normalized spacial score (nSPS) is 14.0. The zero-order valence-electron chi connectivity index (χ0n) is 13.8. The highest BCUT2D eigenvalue weighted by Crippen LogP contribution is 2.36. The van der Waals surface area contributed by atoms with Crippen LogP contribution in [0.5, 0.6) is 5.88 Å². The van der Waals surface area contributed by atoms with Gasteiger partial charge >= 0.3 is 0 Å². The van der Waals surface area contributed by atoms with Crippen molar-refractivity contribution in [2.24, 2.45) is 4.99 Å². The number of nitrogens with zero attached hydrogens (tertiary/aromatic N) is 2. The van der Waals surface area contributed by atoms with E-state index in [1.54, 1.807) is 29.0 Å². The maximum atomic E-state index is 11.6. The quantitative estimate of drug-likeness (QED) is 0.488. The number of carbonyl (C=O) groups is 1. The highest BCUT2D eigenvalue weighted by molar-refractivity contribution is 7.73. The van der Waals surface area contributed by atoms with Crippen LogP contribution in [0.2, 0.25) is 0 Å². The average molecular weight is 378 g/mol. The van der Waals surface area contributed by atoms with Gasteiger partial charge in [0.15, 0.2) is 9.74 Å². The first-order chi connectivity index (χ1) is 12.5. The summed E-state index contributed by atoms with van der Waals surface area (Å²) in [5.41, 5.74) is 4.11. The molecule has 0 radical (unpaired) electrons. The second-order valence-corrected chi connectivity index (χ2v) is 7.55. The minimum absolute atomic E-state index is 0.0331. The molecular weight excluding hydrogens is 364 g/mol. The largest absolute Gasteiger partial charge is 0.493 e. The summed E-state index contributed by atoms with van der Waals surface area (Å²) >= 11 is 6.76. The topological polar surface area (TPSA) is 54.6 Å². The van der Waals surface area contributed by atoms with E-state index < -0.39 is 0 Å². The zero-order chi connectivity index (χ0) is 18.3. The van der Waals surface area contributed by atoms with Crippen LogP contribution in [-0.4, -0.2) is 21.7 Å². The van der Waals surface area contributed by atoms with Gasteiger partial charge in [-0.15, -0.1) is 11.3 Å². The van der Waals surface area contributed by atoms with Gasteiger partial charge in [0.2, 0.25) is 5.88 Å². The molecule has 0 atom stereocenters. The number of allylic oxidation sites excluding steroid dienone is 1. The maximum absolute atomic E-state index is 11.6.